The highest BCUT2D eigenvalue weighted by molar-refractivity contribution is 6.25. The molecular weight excluding hydrogens is 379 g/mol. The van der Waals surface area contributed by atoms with Crippen LogP contribution in [0.5, 0.6) is 0 Å². The van der Waals surface area contributed by atoms with E-state index >= 15 is 0 Å². The lowest BCUT2D eigenvalue weighted by molar-refractivity contribution is 0.0764. The van der Waals surface area contributed by atoms with Gasteiger partial charge in [-0.1, -0.05) is 0 Å². The van der Waals surface area contributed by atoms with Gasteiger partial charge in [0.05, 0.1) is 22.9 Å². The van der Waals surface area contributed by atoms with E-state index in [2.05, 4.69) is 0 Å². The first-order valence-electron chi connectivity index (χ1n) is 6.43. The van der Waals surface area contributed by atoms with E-state index in [1.165, 1.54) is 0 Å². The zero-order valence-corrected chi connectivity index (χ0v) is 13.2. The Hall–Kier alpha value is -1.80. The molecular formula is C14H8Cl2F4O4. The van der Waals surface area contributed by atoms with Gasteiger partial charge in [-0.25, -0.2) is 17.6 Å². The zero-order valence-electron chi connectivity index (χ0n) is 11.7. The van der Waals surface area contributed by atoms with Gasteiger partial charge in [-0.15, -0.1) is 23.2 Å². The van der Waals surface area contributed by atoms with E-state index in [1.54, 1.807) is 0 Å². The Morgan fingerprint density at radius 3 is 1.29 bits per heavy atom. The molecule has 24 heavy (non-hydrogen) atoms. The molecule has 130 valence electrons. The van der Waals surface area contributed by atoms with Crippen LogP contribution >= 0.6 is 23.2 Å². The third-order valence-electron chi connectivity index (χ3n) is 2.99. The fourth-order valence-corrected chi connectivity index (χ4v) is 2.19. The van der Waals surface area contributed by atoms with Crippen LogP contribution in [0.25, 0.3) is 0 Å². The van der Waals surface area contributed by atoms with Crippen LogP contribution in [0.2, 0.25) is 0 Å². The summed E-state index contributed by atoms with van der Waals surface area (Å²) in [6.07, 6.45) is 0. The number of alkyl halides is 2. The van der Waals surface area contributed by atoms with E-state index in [-0.39, 0.29) is 25.0 Å². The summed E-state index contributed by atoms with van der Waals surface area (Å²) in [6, 6.07) is 0. The Labute approximate surface area is 142 Å². The highest BCUT2D eigenvalue weighted by Gasteiger charge is 2.42. The third kappa shape index (κ3) is 2.95. The molecule has 1 aliphatic carbocycles. The van der Waals surface area contributed by atoms with Crippen LogP contribution in [0.15, 0.2) is 11.5 Å². The van der Waals surface area contributed by atoms with Crippen molar-refractivity contribution in [2.24, 2.45) is 0 Å². The zero-order chi connectivity index (χ0) is 18.0. The highest BCUT2D eigenvalue weighted by Crippen LogP contribution is 2.34. The van der Waals surface area contributed by atoms with Gasteiger partial charge in [-0.3, -0.25) is 9.59 Å². The number of hydrogen-bond donors (Lipinski definition) is 0. The number of ketones is 2. The minimum atomic E-state index is -2.21. The van der Waals surface area contributed by atoms with Crippen LogP contribution in [-0.2, 0) is 9.47 Å². The summed E-state index contributed by atoms with van der Waals surface area (Å²) in [5, 5.41) is 0. The Kier molecular flexibility index (Phi) is 5.71. The summed E-state index contributed by atoms with van der Waals surface area (Å²) >= 11 is 10.8. The molecule has 0 heterocycles. The van der Waals surface area contributed by atoms with E-state index in [9.17, 15) is 27.2 Å². The number of fused-ring (bicyclic) bond motifs is 1. The van der Waals surface area contributed by atoms with Gasteiger partial charge in [-0.2, -0.15) is 0 Å². The predicted molar refractivity (Wildman–Crippen MR) is 75.3 cm³/mol. The smallest absolute Gasteiger partial charge is 0.235 e. The molecule has 0 amide bonds. The van der Waals surface area contributed by atoms with E-state index in [1.807, 2.05) is 0 Å². The Morgan fingerprint density at radius 1 is 0.667 bits per heavy atom. The summed E-state index contributed by atoms with van der Waals surface area (Å²) in [6.45, 7) is -0.542. The Balaban J connectivity index is 2.69. The molecule has 0 saturated heterocycles. The summed E-state index contributed by atoms with van der Waals surface area (Å²) < 4.78 is 64.5. The van der Waals surface area contributed by atoms with Crippen molar-refractivity contribution in [1.29, 1.82) is 0 Å². The first-order chi connectivity index (χ1) is 11.4. The minimum absolute atomic E-state index is 0.102. The van der Waals surface area contributed by atoms with Gasteiger partial charge in [0.1, 0.15) is 13.2 Å². The maximum atomic E-state index is 13.9. The number of ether oxygens (including phenoxy) is 2. The maximum Gasteiger partial charge on any atom is 0.235 e. The van der Waals surface area contributed by atoms with Crippen molar-refractivity contribution < 1.29 is 36.6 Å². The second-order valence-corrected chi connectivity index (χ2v) is 5.15. The minimum Gasteiger partial charge on any atom is -0.485 e. The molecule has 1 aliphatic rings. The second kappa shape index (κ2) is 7.40. The fourth-order valence-electron chi connectivity index (χ4n) is 2.03. The average molecular weight is 387 g/mol. The SMILES string of the molecule is O=C1C(OCCCl)=C(OCCCl)C(=O)c2c(F)c(F)c(F)c(F)c21. The van der Waals surface area contributed by atoms with Crippen molar-refractivity contribution in [3.8, 4) is 0 Å². The normalized spacial score (nSPS) is 14.1. The number of benzene rings is 1. The standard InChI is InChI=1S/C14H8Cl2F4O4/c15-1-3-23-13-11(21)5-6(12(22)14(13)24-4-2-16)8(18)10(20)9(19)7(5)17/h1-4H2. The lowest BCUT2D eigenvalue weighted by Crippen LogP contribution is -2.29. The van der Waals surface area contributed by atoms with E-state index in [4.69, 9.17) is 32.7 Å². The van der Waals surface area contributed by atoms with Crippen molar-refractivity contribution in [2.75, 3.05) is 25.0 Å². The molecule has 0 atom stereocenters. The number of carbonyl (C=O) groups excluding carboxylic acids is 2. The lowest BCUT2D eigenvalue weighted by atomic mass is 9.90. The van der Waals surface area contributed by atoms with Crippen LogP contribution in [0, 0.1) is 23.3 Å². The molecule has 0 aromatic heterocycles. The molecule has 10 heteroatoms. The number of halogens is 6. The van der Waals surface area contributed by atoms with Crippen LogP contribution in [0.3, 0.4) is 0 Å². The molecule has 0 spiro atoms. The van der Waals surface area contributed by atoms with Crippen molar-refractivity contribution in [3.63, 3.8) is 0 Å². The first-order valence-corrected chi connectivity index (χ1v) is 7.50. The van der Waals surface area contributed by atoms with Gasteiger partial charge in [0.2, 0.25) is 23.1 Å². The highest BCUT2D eigenvalue weighted by atomic mass is 35.5. The van der Waals surface area contributed by atoms with Crippen LogP contribution in [0.1, 0.15) is 20.7 Å². The molecule has 0 bridgehead atoms. The molecule has 4 nitrogen and oxygen atoms in total. The number of Topliss-reactive ketones (excluding diaryl/α,β-unsaturated/α-hetero) is 2. The van der Waals surface area contributed by atoms with Gasteiger partial charge in [0.25, 0.3) is 0 Å². The van der Waals surface area contributed by atoms with Crippen molar-refractivity contribution in [2.45, 2.75) is 0 Å². The molecule has 0 saturated carbocycles. The molecule has 0 unspecified atom stereocenters. The maximum absolute atomic E-state index is 13.9. The van der Waals surface area contributed by atoms with Crippen LogP contribution < -0.4 is 0 Å². The summed E-state index contributed by atoms with van der Waals surface area (Å²) in [5.41, 5.74) is -2.53. The number of carbonyl (C=O) groups is 2. The number of rotatable bonds is 6. The largest absolute Gasteiger partial charge is 0.485 e. The van der Waals surface area contributed by atoms with Gasteiger partial charge >= 0.3 is 0 Å². The van der Waals surface area contributed by atoms with Gasteiger partial charge in [0.15, 0.2) is 23.3 Å². The van der Waals surface area contributed by atoms with Crippen LogP contribution in [0.4, 0.5) is 17.6 Å². The third-order valence-corrected chi connectivity index (χ3v) is 3.30. The summed E-state index contributed by atoms with van der Waals surface area (Å²) in [4.78, 5) is 24.6. The molecule has 0 radical (unpaired) electrons. The molecule has 0 N–H and O–H groups in total. The quantitative estimate of drug-likeness (QED) is 0.325. The molecule has 1 aromatic carbocycles. The second-order valence-electron chi connectivity index (χ2n) is 4.40. The molecule has 1 aromatic rings. The van der Waals surface area contributed by atoms with Gasteiger partial charge in [-0.05, 0) is 0 Å². The fraction of sp³-hybridized carbons (Fsp3) is 0.286. The summed E-state index contributed by atoms with van der Waals surface area (Å²) in [5.74, 6) is -12.9. The van der Waals surface area contributed by atoms with Crippen molar-refractivity contribution in [3.05, 3.63) is 45.9 Å². The van der Waals surface area contributed by atoms with Crippen molar-refractivity contribution in [1.82, 2.24) is 0 Å². The van der Waals surface area contributed by atoms with Gasteiger partial charge < -0.3 is 9.47 Å². The molecule has 0 fully saturated rings. The number of hydrogen-bond acceptors (Lipinski definition) is 4. The first kappa shape index (κ1) is 18.5. The Bertz CT molecular complexity index is 688. The van der Waals surface area contributed by atoms with Crippen LogP contribution in [-0.4, -0.2) is 36.5 Å². The monoisotopic (exact) mass is 386 g/mol. The van der Waals surface area contributed by atoms with E-state index in [0.29, 0.717) is 0 Å². The Morgan fingerprint density at radius 2 is 1.00 bits per heavy atom. The topological polar surface area (TPSA) is 52.6 Å². The van der Waals surface area contributed by atoms with E-state index < -0.39 is 57.5 Å². The van der Waals surface area contributed by atoms with E-state index in [0.717, 1.165) is 0 Å². The van der Waals surface area contributed by atoms with Gasteiger partial charge in [0, 0.05) is 0 Å². The number of allylic oxidation sites excluding steroid dienone is 2. The summed E-state index contributed by atoms with van der Waals surface area (Å²) in [7, 11) is 0. The van der Waals surface area contributed by atoms with Crippen molar-refractivity contribution >= 4 is 34.8 Å². The predicted octanol–water partition coefficient (Wildman–Crippen LogP) is 3.34. The molecule has 0 aliphatic heterocycles. The lowest BCUT2D eigenvalue weighted by Gasteiger charge is -2.22. The molecule has 2 rings (SSSR count). The average Bonchev–Trinajstić information content (AvgIpc) is 2.57.